The Morgan fingerprint density at radius 1 is 0.750 bits per heavy atom. The summed E-state index contributed by atoms with van der Waals surface area (Å²) in [6, 6.07) is 16.9. The van der Waals surface area contributed by atoms with E-state index in [1.54, 1.807) is 30.3 Å². The van der Waals surface area contributed by atoms with E-state index in [4.69, 9.17) is 9.47 Å². The van der Waals surface area contributed by atoms with Gasteiger partial charge in [-0.05, 0) is 70.2 Å². The van der Waals surface area contributed by atoms with Gasteiger partial charge in [-0.2, -0.15) is 0 Å². The van der Waals surface area contributed by atoms with E-state index in [0.717, 1.165) is 0 Å². The summed E-state index contributed by atoms with van der Waals surface area (Å²) in [4.78, 5) is 13.7. The number of carbonyl (C=O) groups is 1. The molecule has 0 unspecified atom stereocenters. The highest BCUT2D eigenvalue weighted by Gasteiger charge is 2.52. The number of phenolic OH excluding ortho intramolecular Hbond substituents is 2. The van der Waals surface area contributed by atoms with E-state index >= 15 is 0 Å². The van der Waals surface area contributed by atoms with E-state index in [-0.39, 0.29) is 29.6 Å². The van der Waals surface area contributed by atoms with E-state index in [1.165, 1.54) is 12.1 Å². The molecule has 32 heavy (non-hydrogen) atoms. The molecule has 0 bridgehead atoms. The molecule has 3 aromatic carbocycles. The van der Waals surface area contributed by atoms with Crippen molar-refractivity contribution in [2.45, 2.75) is 45.3 Å². The second kappa shape index (κ2) is 8.11. The molecule has 0 saturated heterocycles. The van der Waals surface area contributed by atoms with Crippen molar-refractivity contribution < 1.29 is 24.5 Å². The quantitative estimate of drug-likeness (QED) is 0.511. The summed E-state index contributed by atoms with van der Waals surface area (Å²) in [7, 11) is 0. The predicted molar refractivity (Wildman–Crippen MR) is 123 cm³/mol. The third-order valence-corrected chi connectivity index (χ3v) is 5.41. The highest BCUT2D eigenvalue weighted by atomic mass is 16.5. The van der Waals surface area contributed by atoms with E-state index in [2.05, 4.69) is 5.32 Å². The standard InChI is InChI=1S/C26H27NO5/c1-15(2)31-17-9-11-23(28)20(13-17)26(19-7-5-6-8-22(19)27-25(26)30)21-14-18(32-16(3)4)10-12-24(21)29/h5-16,28-29H,1-4H3,(H,27,30). The Kier molecular flexibility index (Phi) is 5.46. The highest BCUT2D eigenvalue weighted by molar-refractivity contribution is 6.12. The molecule has 6 heteroatoms. The first kappa shape index (κ1) is 21.6. The van der Waals surface area contributed by atoms with Crippen molar-refractivity contribution in [1.82, 2.24) is 0 Å². The molecule has 6 nitrogen and oxygen atoms in total. The third-order valence-electron chi connectivity index (χ3n) is 5.41. The van der Waals surface area contributed by atoms with Crippen LogP contribution >= 0.6 is 0 Å². The van der Waals surface area contributed by atoms with Gasteiger partial charge in [-0.1, -0.05) is 18.2 Å². The Morgan fingerprint density at radius 3 is 1.75 bits per heavy atom. The lowest BCUT2D eigenvalue weighted by Crippen LogP contribution is -2.37. The maximum atomic E-state index is 13.7. The number of carbonyl (C=O) groups excluding carboxylic acids is 1. The second-order valence-corrected chi connectivity index (χ2v) is 8.44. The largest absolute Gasteiger partial charge is 0.508 e. The van der Waals surface area contributed by atoms with Crippen molar-refractivity contribution in [3.63, 3.8) is 0 Å². The molecular weight excluding hydrogens is 406 g/mol. The number of hydrogen-bond donors (Lipinski definition) is 3. The molecule has 0 fully saturated rings. The molecule has 0 atom stereocenters. The molecule has 166 valence electrons. The topological polar surface area (TPSA) is 88.0 Å². The minimum absolute atomic E-state index is 0.0810. The maximum absolute atomic E-state index is 13.7. The van der Waals surface area contributed by atoms with Crippen molar-refractivity contribution in [3.05, 3.63) is 77.4 Å². The van der Waals surface area contributed by atoms with Gasteiger partial charge in [0.25, 0.3) is 0 Å². The third kappa shape index (κ3) is 3.51. The van der Waals surface area contributed by atoms with Gasteiger partial charge in [-0.25, -0.2) is 0 Å². The van der Waals surface area contributed by atoms with Gasteiger partial charge in [-0.15, -0.1) is 0 Å². The number of rotatable bonds is 6. The molecule has 1 aliphatic heterocycles. The summed E-state index contributed by atoms with van der Waals surface area (Å²) in [5, 5.41) is 24.8. The van der Waals surface area contributed by atoms with E-state index in [1.807, 2.05) is 45.9 Å². The predicted octanol–water partition coefficient (Wildman–Crippen LogP) is 4.96. The van der Waals surface area contributed by atoms with Crippen LogP contribution in [0.25, 0.3) is 0 Å². The lowest BCUT2D eigenvalue weighted by Gasteiger charge is -2.31. The molecule has 4 rings (SSSR count). The van der Waals surface area contributed by atoms with Gasteiger partial charge < -0.3 is 25.0 Å². The molecule has 3 N–H and O–H groups in total. The summed E-state index contributed by atoms with van der Waals surface area (Å²) >= 11 is 0. The van der Waals surface area contributed by atoms with Gasteiger partial charge in [0.2, 0.25) is 5.91 Å². The fourth-order valence-corrected chi connectivity index (χ4v) is 4.26. The highest BCUT2D eigenvalue weighted by Crippen LogP contribution is 2.53. The molecule has 0 aliphatic carbocycles. The molecular formula is C26H27NO5. The lowest BCUT2D eigenvalue weighted by atomic mass is 9.69. The number of aromatic hydroxyl groups is 2. The smallest absolute Gasteiger partial charge is 0.244 e. The van der Waals surface area contributed by atoms with Crippen LogP contribution in [0.5, 0.6) is 23.0 Å². The van der Waals surface area contributed by atoms with E-state index in [9.17, 15) is 15.0 Å². The van der Waals surface area contributed by atoms with Crippen LogP contribution < -0.4 is 14.8 Å². The zero-order valence-corrected chi connectivity index (χ0v) is 18.5. The van der Waals surface area contributed by atoms with Crippen molar-refractivity contribution >= 4 is 11.6 Å². The number of fused-ring (bicyclic) bond motifs is 1. The van der Waals surface area contributed by atoms with Crippen LogP contribution in [-0.4, -0.2) is 28.3 Å². The van der Waals surface area contributed by atoms with Crippen LogP contribution in [0.4, 0.5) is 5.69 Å². The number of para-hydroxylation sites is 1. The molecule has 1 heterocycles. The molecule has 0 spiro atoms. The first-order valence-electron chi connectivity index (χ1n) is 10.6. The minimum atomic E-state index is -1.50. The Labute approximate surface area is 187 Å². The number of amides is 1. The fourth-order valence-electron chi connectivity index (χ4n) is 4.26. The van der Waals surface area contributed by atoms with Crippen LogP contribution in [0.1, 0.15) is 44.4 Å². The SMILES string of the molecule is CC(C)Oc1ccc(O)c(C2(c3cc(OC(C)C)ccc3O)C(=O)Nc3ccccc32)c1. The molecule has 0 saturated carbocycles. The molecule has 0 aromatic heterocycles. The number of benzene rings is 3. The molecule has 0 radical (unpaired) electrons. The average Bonchev–Trinajstić information content (AvgIpc) is 3.02. The Bertz CT molecular complexity index is 1110. The Hall–Kier alpha value is -3.67. The van der Waals surface area contributed by atoms with Gasteiger partial charge in [0.05, 0.1) is 12.2 Å². The zero-order chi connectivity index (χ0) is 23.0. The van der Waals surface area contributed by atoms with Gasteiger partial charge >= 0.3 is 0 Å². The Morgan fingerprint density at radius 2 is 1.25 bits per heavy atom. The normalized spacial score (nSPS) is 14.4. The first-order chi connectivity index (χ1) is 15.2. The lowest BCUT2D eigenvalue weighted by molar-refractivity contribution is -0.118. The van der Waals surface area contributed by atoms with Gasteiger partial charge in [0, 0.05) is 22.4 Å². The second-order valence-electron chi connectivity index (χ2n) is 8.44. The van der Waals surface area contributed by atoms with Gasteiger partial charge in [-0.3, -0.25) is 4.79 Å². The van der Waals surface area contributed by atoms with Crippen LogP contribution in [0.3, 0.4) is 0 Å². The number of anilines is 1. The van der Waals surface area contributed by atoms with E-state index < -0.39 is 5.41 Å². The number of hydrogen-bond acceptors (Lipinski definition) is 5. The summed E-state index contributed by atoms with van der Waals surface area (Å²) in [5.41, 5.74) is 0.364. The van der Waals surface area contributed by atoms with Crippen molar-refractivity contribution in [2.24, 2.45) is 0 Å². The molecule has 1 aliphatic rings. The fraction of sp³-hybridized carbons (Fsp3) is 0.269. The van der Waals surface area contributed by atoms with Crippen LogP contribution in [0.15, 0.2) is 60.7 Å². The van der Waals surface area contributed by atoms with Gasteiger partial charge in [0.1, 0.15) is 28.4 Å². The number of nitrogens with one attached hydrogen (secondary N) is 1. The number of phenols is 2. The summed E-state index contributed by atoms with van der Waals surface area (Å²) in [5.74, 6) is 0.481. The van der Waals surface area contributed by atoms with Crippen molar-refractivity contribution in [1.29, 1.82) is 0 Å². The van der Waals surface area contributed by atoms with Crippen LogP contribution in [0.2, 0.25) is 0 Å². The summed E-state index contributed by atoms with van der Waals surface area (Å²) in [6.07, 6.45) is -0.187. The maximum Gasteiger partial charge on any atom is 0.244 e. The number of ether oxygens (including phenoxy) is 2. The Balaban J connectivity index is 2.05. The van der Waals surface area contributed by atoms with Crippen LogP contribution in [0, 0.1) is 0 Å². The summed E-state index contributed by atoms with van der Waals surface area (Å²) in [6.45, 7) is 7.60. The monoisotopic (exact) mass is 433 g/mol. The minimum Gasteiger partial charge on any atom is -0.508 e. The zero-order valence-electron chi connectivity index (χ0n) is 18.5. The van der Waals surface area contributed by atoms with Crippen molar-refractivity contribution in [3.8, 4) is 23.0 Å². The van der Waals surface area contributed by atoms with Gasteiger partial charge in [0.15, 0.2) is 0 Å². The van der Waals surface area contributed by atoms with Crippen molar-refractivity contribution in [2.75, 3.05) is 5.32 Å². The first-order valence-corrected chi connectivity index (χ1v) is 10.6. The molecule has 1 amide bonds. The van der Waals surface area contributed by atoms with Crippen LogP contribution in [-0.2, 0) is 10.2 Å². The van der Waals surface area contributed by atoms with E-state index in [0.29, 0.717) is 33.9 Å². The molecule has 3 aromatic rings. The average molecular weight is 434 g/mol. The summed E-state index contributed by atoms with van der Waals surface area (Å²) < 4.78 is 11.7.